The van der Waals surface area contributed by atoms with Gasteiger partial charge in [-0.15, -0.1) is 11.3 Å². The first-order chi connectivity index (χ1) is 9.72. The van der Waals surface area contributed by atoms with Crippen molar-refractivity contribution < 1.29 is 5.11 Å². The van der Waals surface area contributed by atoms with Crippen LogP contribution in [-0.4, -0.2) is 10.1 Å². The number of hydrogen-bond donors (Lipinski definition) is 2. The summed E-state index contributed by atoms with van der Waals surface area (Å²) in [5.74, 6) is 0.237. The summed E-state index contributed by atoms with van der Waals surface area (Å²) in [6.07, 6.45) is 0. The van der Waals surface area contributed by atoms with Gasteiger partial charge in [0.05, 0.1) is 25.8 Å². The molecular weight excluding hydrogens is 268 g/mol. The molecule has 0 fully saturated rings. The van der Waals surface area contributed by atoms with Crippen LogP contribution in [0.2, 0.25) is 0 Å². The van der Waals surface area contributed by atoms with Crippen LogP contribution >= 0.6 is 11.3 Å². The number of nitrogens with one attached hydrogen (secondary N) is 1. The van der Waals surface area contributed by atoms with Gasteiger partial charge in [-0.25, -0.2) is 4.98 Å². The molecule has 0 atom stereocenters. The molecule has 0 radical (unpaired) electrons. The van der Waals surface area contributed by atoms with Crippen LogP contribution < -0.4 is 5.36 Å². The Morgan fingerprint density at radius 1 is 0.950 bits per heavy atom. The van der Waals surface area contributed by atoms with Crippen LogP contribution in [0.1, 0.15) is 0 Å². The first kappa shape index (κ1) is 11.4. The smallest absolute Gasteiger partial charge is 0.124 e. The third-order valence-corrected chi connectivity index (χ3v) is 4.47. The van der Waals surface area contributed by atoms with Gasteiger partial charge >= 0.3 is 0 Å². The third-order valence-electron chi connectivity index (χ3n) is 3.37. The fourth-order valence-corrected chi connectivity index (χ4v) is 3.46. The largest absolute Gasteiger partial charge is 0.507 e. The van der Waals surface area contributed by atoms with E-state index >= 15 is 0 Å². The zero-order valence-corrected chi connectivity index (χ0v) is 11.2. The van der Waals surface area contributed by atoms with Gasteiger partial charge in [0.25, 0.3) is 0 Å². The number of phenolic OH excluding ortho intramolecular Hbond substituents is 1. The number of hydrogen-bond acceptors (Lipinski definition) is 4. The molecule has 96 valence electrons. The summed E-state index contributed by atoms with van der Waals surface area (Å²) in [6.45, 7) is 0. The molecule has 0 aliphatic rings. The van der Waals surface area contributed by atoms with Crippen molar-refractivity contribution in [2.45, 2.75) is 0 Å². The molecule has 1 heterocycles. The van der Waals surface area contributed by atoms with Crippen LogP contribution in [0.15, 0.2) is 48.5 Å². The Kier molecular flexibility index (Phi) is 2.28. The molecule has 0 bridgehead atoms. The van der Waals surface area contributed by atoms with E-state index in [1.54, 1.807) is 35.6 Å². The van der Waals surface area contributed by atoms with Gasteiger partial charge in [-0.3, -0.25) is 0 Å². The summed E-state index contributed by atoms with van der Waals surface area (Å²) in [4.78, 5) is 4.70. The van der Waals surface area contributed by atoms with Gasteiger partial charge in [-0.05, 0) is 36.4 Å². The highest BCUT2D eigenvalue weighted by Gasteiger charge is 2.09. The maximum atomic E-state index is 10.1. The van der Waals surface area contributed by atoms with Gasteiger partial charge in [0.15, 0.2) is 0 Å². The van der Waals surface area contributed by atoms with Crippen molar-refractivity contribution in [1.29, 1.82) is 5.41 Å². The standard InChI is InChI=1S/C16H10N2OS/c17-9-5-6-10-11(7-9)16-15(8-13(10)19)20-14-4-2-1-3-12(14)18-16/h1-8,17,19H. The summed E-state index contributed by atoms with van der Waals surface area (Å²) in [5, 5.41) is 19.9. The Morgan fingerprint density at radius 2 is 1.80 bits per heavy atom. The molecule has 4 aromatic rings. The molecule has 3 nitrogen and oxygen atoms in total. The number of nitrogens with zero attached hydrogens (tertiary/aromatic N) is 1. The molecule has 0 saturated carbocycles. The van der Waals surface area contributed by atoms with Crippen molar-refractivity contribution in [1.82, 2.24) is 4.98 Å². The van der Waals surface area contributed by atoms with Crippen molar-refractivity contribution in [3.05, 3.63) is 53.9 Å². The maximum Gasteiger partial charge on any atom is 0.124 e. The van der Waals surface area contributed by atoms with E-state index < -0.39 is 0 Å². The van der Waals surface area contributed by atoms with E-state index in [1.165, 1.54) is 0 Å². The zero-order valence-electron chi connectivity index (χ0n) is 10.4. The molecule has 0 saturated heterocycles. The predicted molar refractivity (Wildman–Crippen MR) is 82.2 cm³/mol. The Hall–Kier alpha value is -2.46. The van der Waals surface area contributed by atoms with E-state index in [4.69, 9.17) is 10.4 Å². The second kappa shape index (κ2) is 4.02. The Morgan fingerprint density at radius 3 is 2.70 bits per heavy atom. The topological polar surface area (TPSA) is 57.0 Å². The average molecular weight is 278 g/mol. The van der Waals surface area contributed by atoms with Crippen molar-refractivity contribution in [3.8, 4) is 5.75 Å². The van der Waals surface area contributed by atoms with Gasteiger partial charge in [0.2, 0.25) is 0 Å². The number of para-hydroxylation sites is 1. The highest BCUT2D eigenvalue weighted by Crippen LogP contribution is 2.35. The van der Waals surface area contributed by atoms with Crippen LogP contribution in [0, 0.1) is 5.41 Å². The van der Waals surface area contributed by atoms with E-state index in [1.807, 2.05) is 24.3 Å². The molecule has 3 aromatic carbocycles. The fraction of sp³-hybridized carbons (Fsp3) is 0. The monoisotopic (exact) mass is 278 g/mol. The summed E-state index contributed by atoms with van der Waals surface area (Å²) in [6, 6.07) is 14.9. The quantitative estimate of drug-likeness (QED) is 0.380. The minimum absolute atomic E-state index is 0.237. The molecule has 4 rings (SSSR count). The second-order valence-corrected chi connectivity index (χ2v) is 5.77. The van der Waals surface area contributed by atoms with Crippen molar-refractivity contribution in [2.24, 2.45) is 0 Å². The summed E-state index contributed by atoms with van der Waals surface area (Å²) in [5.41, 5.74) is 1.78. The Labute approximate surface area is 118 Å². The van der Waals surface area contributed by atoms with Crippen LogP contribution in [-0.2, 0) is 0 Å². The van der Waals surface area contributed by atoms with Crippen molar-refractivity contribution >= 4 is 42.5 Å². The molecule has 2 N–H and O–H groups in total. The highest BCUT2D eigenvalue weighted by atomic mass is 32.1. The number of aromatic nitrogens is 1. The van der Waals surface area contributed by atoms with E-state index in [2.05, 4.69) is 0 Å². The third kappa shape index (κ3) is 1.58. The van der Waals surface area contributed by atoms with Gasteiger partial charge in [-0.2, -0.15) is 0 Å². The fourth-order valence-electron chi connectivity index (χ4n) is 2.43. The average Bonchev–Trinajstić information content (AvgIpc) is 2.45. The first-order valence-corrected chi connectivity index (χ1v) is 7.04. The van der Waals surface area contributed by atoms with E-state index in [0.717, 1.165) is 31.2 Å². The van der Waals surface area contributed by atoms with Crippen LogP contribution in [0.3, 0.4) is 0 Å². The summed E-state index contributed by atoms with van der Waals surface area (Å²) in [7, 11) is 0. The lowest BCUT2D eigenvalue weighted by atomic mass is 10.1. The normalized spacial score (nSPS) is 11.4. The van der Waals surface area contributed by atoms with Crippen LogP contribution in [0.4, 0.5) is 0 Å². The molecular formula is C16H10N2OS. The molecule has 4 heteroatoms. The summed E-state index contributed by atoms with van der Waals surface area (Å²) >= 11 is 1.60. The maximum absolute atomic E-state index is 10.1. The SMILES string of the molecule is N=c1ccc2c(O)cc3sc4ccccc4nc3c2c1. The number of fused-ring (bicyclic) bond motifs is 4. The van der Waals surface area contributed by atoms with Gasteiger partial charge in [0.1, 0.15) is 5.75 Å². The molecule has 0 aliphatic heterocycles. The van der Waals surface area contributed by atoms with Crippen LogP contribution in [0.25, 0.3) is 31.2 Å². The molecule has 0 spiro atoms. The van der Waals surface area contributed by atoms with E-state index in [9.17, 15) is 5.11 Å². The minimum Gasteiger partial charge on any atom is -0.507 e. The highest BCUT2D eigenvalue weighted by molar-refractivity contribution is 7.24. The zero-order chi connectivity index (χ0) is 13.7. The first-order valence-electron chi connectivity index (χ1n) is 6.22. The summed E-state index contributed by atoms with van der Waals surface area (Å²) < 4.78 is 2.01. The Balaban J connectivity index is 2.31. The molecule has 0 aliphatic carbocycles. The molecule has 20 heavy (non-hydrogen) atoms. The lowest BCUT2D eigenvalue weighted by Gasteiger charge is -2.06. The molecule has 0 unspecified atom stereocenters. The number of aromatic hydroxyl groups is 1. The second-order valence-electron chi connectivity index (χ2n) is 4.68. The van der Waals surface area contributed by atoms with Gasteiger partial charge < -0.3 is 10.5 Å². The number of phenols is 1. The van der Waals surface area contributed by atoms with Gasteiger partial charge in [-0.1, -0.05) is 12.1 Å². The number of rotatable bonds is 0. The lowest BCUT2D eigenvalue weighted by molar-refractivity contribution is 0.482. The minimum atomic E-state index is 0.237. The van der Waals surface area contributed by atoms with E-state index in [-0.39, 0.29) is 5.75 Å². The lowest BCUT2D eigenvalue weighted by Crippen LogP contribution is -1.96. The van der Waals surface area contributed by atoms with Crippen molar-refractivity contribution in [3.63, 3.8) is 0 Å². The molecule has 0 amide bonds. The molecule has 1 aromatic heterocycles. The van der Waals surface area contributed by atoms with Gasteiger partial charge in [0, 0.05) is 10.8 Å². The number of benzene rings is 3. The Bertz CT molecular complexity index is 1040. The van der Waals surface area contributed by atoms with Crippen molar-refractivity contribution in [2.75, 3.05) is 0 Å². The van der Waals surface area contributed by atoms with E-state index in [0.29, 0.717) is 5.36 Å². The predicted octanol–water partition coefficient (Wildman–Crippen LogP) is 3.79. The van der Waals surface area contributed by atoms with Crippen LogP contribution in [0.5, 0.6) is 5.75 Å².